The number of carbonyl (C=O) groups is 3. The van der Waals surface area contributed by atoms with Crippen molar-refractivity contribution in [2.24, 2.45) is 0 Å². The number of hydrogen-bond acceptors (Lipinski definition) is 4. The molecule has 3 fully saturated rings. The van der Waals surface area contributed by atoms with E-state index < -0.39 is 6.04 Å². The van der Waals surface area contributed by atoms with E-state index in [-0.39, 0.29) is 36.2 Å². The minimum atomic E-state index is -0.391. The minimum absolute atomic E-state index is 0.0557. The van der Waals surface area contributed by atoms with Crippen molar-refractivity contribution in [2.45, 2.75) is 50.2 Å². The molecule has 2 atom stereocenters. The summed E-state index contributed by atoms with van der Waals surface area (Å²) in [5.41, 5.74) is 0. The van der Waals surface area contributed by atoms with Gasteiger partial charge in [-0.05, 0) is 19.3 Å². The zero-order valence-electron chi connectivity index (χ0n) is 10.1. The Kier molecular flexibility index (Phi) is 2.81. The van der Waals surface area contributed by atoms with Crippen molar-refractivity contribution in [2.75, 3.05) is 6.54 Å². The Hall–Kier alpha value is -1.43. The van der Waals surface area contributed by atoms with E-state index in [2.05, 4.69) is 10.6 Å². The lowest BCUT2D eigenvalue weighted by atomic mass is 10.1. The molecule has 0 spiro atoms. The van der Waals surface area contributed by atoms with Crippen molar-refractivity contribution in [1.82, 2.24) is 15.5 Å². The number of carbonyl (C=O) groups excluding carboxylic acids is 3. The van der Waals surface area contributed by atoms with E-state index in [0.29, 0.717) is 13.0 Å². The average molecular weight is 251 g/mol. The molecular formula is C12H17N3O3. The van der Waals surface area contributed by atoms with Gasteiger partial charge in [-0.3, -0.25) is 19.3 Å². The van der Waals surface area contributed by atoms with Crippen LogP contribution in [0.15, 0.2) is 0 Å². The number of piperidine rings is 1. The monoisotopic (exact) mass is 251 g/mol. The van der Waals surface area contributed by atoms with Gasteiger partial charge < -0.3 is 10.6 Å². The number of hydrogen-bond donors (Lipinski definition) is 2. The third-order valence-corrected chi connectivity index (χ3v) is 3.80. The van der Waals surface area contributed by atoms with Gasteiger partial charge in [0.05, 0.1) is 12.5 Å². The number of nitrogens with zero attached hydrogens (tertiary/aromatic N) is 1. The van der Waals surface area contributed by atoms with Gasteiger partial charge in [0.2, 0.25) is 17.7 Å². The molecule has 0 radical (unpaired) electrons. The highest BCUT2D eigenvalue weighted by Crippen LogP contribution is 2.31. The van der Waals surface area contributed by atoms with Gasteiger partial charge >= 0.3 is 0 Å². The summed E-state index contributed by atoms with van der Waals surface area (Å²) in [6.07, 6.45) is 3.37. The summed E-state index contributed by atoms with van der Waals surface area (Å²) >= 11 is 0. The highest BCUT2D eigenvalue weighted by molar-refractivity contribution is 6.06. The maximum atomic E-state index is 12.1. The molecular weight excluding hydrogens is 234 g/mol. The van der Waals surface area contributed by atoms with E-state index in [1.807, 2.05) is 0 Å². The normalized spacial score (nSPS) is 32.9. The van der Waals surface area contributed by atoms with Crippen molar-refractivity contribution < 1.29 is 14.4 Å². The first-order valence-corrected chi connectivity index (χ1v) is 6.54. The number of rotatable bonds is 3. The van der Waals surface area contributed by atoms with Crippen molar-refractivity contribution in [3.63, 3.8) is 0 Å². The Morgan fingerprint density at radius 3 is 2.56 bits per heavy atom. The Labute approximate surface area is 105 Å². The van der Waals surface area contributed by atoms with Crippen LogP contribution in [0.2, 0.25) is 0 Å². The van der Waals surface area contributed by atoms with Gasteiger partial charge in [-0.25, -0.2) is 0 Å². The first kappa shape index (κ1) is 11.6. The van der Waals surface area contributed by atoms with Crippen molar-refractivity contribution in [1.29, 1.82) is 0 Å². The van der Waals surface area contributed by atoms with Crippen LogP contribution < -0.4 is 10.6 Å². The van der Waals surface area contributed by atoms with E-state index in [1.165, 1.54) is 4.90 Å². The Morgan fingerprint density at radius 2 is 1.94 bits per heavy atom. The molecule has 6 heteroatoms. The summed E-state index contributed by atoms with van der Waals surface area (Å²) in [7, 11) is 0. The average Bonchev–Trinajstić information content (AvgIpc) is 3.12. The maximum Gasteiger partial charge on any atom is 0.247 e. The molecule has 0 aromatic carbocycles. The summed E-state index contributed by atoms with van der Waals surface area (Å²) in [6, 6.07) is -0.135. The molecule has 0 aromatic rings. The smallest absolute Gasteiger partial charge is 0.247 e. The van der Waals surface area contributed by atoms with Crippen LogP contribution in [0.3, 0.4) is 0 Å². The lowest BCUT2D eigenvalue weighted by Gasteiger charge is -2.25. The first-order valence-electron chi connectivity index (χ1n) is 6.54. The van der Waals surface area contributed by atoms with Gasteiger partial charge in [0.15, 0.2) is 0 Å². The molecule has 98 valence electrons. The molecule has 18 heavy (non-hydrogen) atoms. The fourth-order valence-corrected chi connectivity index (χ4v) is 2.66. The maximum absolute atomic E-state index is 12.1. The fourth-order valence-electron chi connectivity index (χ4n) is 2.66. The molecule has 3 amide bonds. The van der Waals surface area contributed by atoms with Crippen LogP contribution in [-0.2, 0) is 14.4 Å². The topological polar surface area (TPSA) is 78.5 Å². The number of likely N-dealkylation sites (tertiary alicyclic amines) is 1. The Bertz CT molecular complexity index is 395. The summed E-state index contributed by atoms with van der Waals surface area (Å²) in [6.45, 7) is 0.542. The van der Waals surface area contributed by atoms with Gasteiger partial charge in [-0.15, -0.1) is 0 Å². The van der Waals surface area contributed by atoms with Crippen molar-refractivity contribution in [3.05, 3.63) is 0 Å². The zero-order valence-corrected chi connectivity index (χ0v) is 10.1. The number of nitrogens with one attached hydrogen (secondary N) is 2. The van der Waals surface area contributed by atoms with E-state index in [4.69, 9.17) is 0 Å². The molecule has 3 aliphatic rings. The molecule has 2 N–H and O–H groups in total. The second-order valence-electron chi connectivity index (χ2n) is 5.30. The lowest BCUT2D eigenvalue weighted by Crippen LogP contribution is -2.51. The van der Waals surface area contributed by atoms with Gasteiger partial charge in [-0.1, -0.05) is 0 Å². The van der Waals surface area contributed by atoms with E-state index in [1.54, 1.807) is 0 Å². The summed E-state index contributed by atoms with van der Waals surface area (Å²) in [5.74, 6) is -0.0827. The summed E-state index contributed by atoms with van der Waals surface area (Å²) in [4.78, 5) is 36.3. The fraction of sp³-hybridized carbons (Fsp3) is 0.750. The van der Waals surface area contributed by atoms with E-state index in [9.17, 15) is 14.4 Å². The van der Waals surface area contributed by atoms with Crippen LogP contribution in [0.5, 0.6) is 0 Å². The molecule has 2 aliphatic heterocycles. The quantitative estimate of drug-likeness (QED) is 0.640. The predicted octanol–water partition coefficient (Wildman–Crippen LogP) is -0.855. The highest BCUT2D eigenvalue weighted by atomic mass is 16.2. The molecule has 0 bridgehead atoms. The predicted molar refractivity (Wildman–Crippen MR) is 62.4 cm³/mol. The SMILES string of the molecule is O=C1CCC(NC2CC(=O)N(C3CC3)C2=O)CN1. The van der Waals surface area contributed by atoms with Gasteiger partial charge in [0.1, 0.15) is 0 Å². The standard InChI is InChI=1S/C12H17N3O3/c16-10-4-1-7(6-13-10)14-9-5-11(17)15(12(9)18)8-2-3-8/h7-9,14H,1-6H2,(H,13,16). The molecule has 2 saturated heterocycles. The number of amides is 3. The minimum Gasteiger partial charge on any atom is -0.355 e. The van der Waals surface area contributed by atoms with E-state index in [0.717, 1.165) is 19.3 Å². The van der Waals surface area contributed by atoms with E-state index >= 15 is 0 Å². The first-order chi connectivity index (χ1) is 8.65. The van der Waals surface area contributed by atoms with Crippen molar-refractivity contribution in [3.8, 4) is 0 Å². The second kappa shape index (κ2) is 4.35. The van der Waals surface area contributed by atoms with Gasteiger partial charge in [0.25, 0.3) is 0 Å². The van der Waals surface area contributed by atoms with Crippen LogP contribution in [0, 0.1) is 0 Å². The molecule has 1 aliphatic carbocycles. The molecule has 3 rings (SSSR count). The third kappa shape index (κ3) is 2.12. The molecule has 2 heterocycles. The van der Waals surface area contributed by atoms with Crippen molar-refractivity contribution >= 4 is 17.7 Å². The van der Waals surface area contributed by atoms with Crippen LogP contribution >= 0.6 is 0 Å². The van der Waals surface area contributed by atoms with Crippen LogP contribution in [-0.4, -0.2) is 47.3 Å². The summed E-state index contributed by atoms with van der Waals surface area (Å²) < 4.78 is 0. The largest absolute Gasteiger partial charge is 0.355 e. The molecule has 1 saturated carbocycles. The second-order valence-corrected chi connectivity index (χ2v) is 5.30. The molecule has 0 aromatic heterocycles. The van der Waals surface area contributed by atoms with Gasteiger partial charge in [-0.2, -0.15) is 0 Å². The van der Waals surface area contributed by atoms with Crippen LogP contribution in [0.25, 0.3) is 0 Å². The molecule has 2 unspecified atom stereocenters. The zero-order chi connectivity index (χ0) is 12.7. The summed E-state index contributed by atoms with van der Waals surface area (Å²) in [5, 5.41) is 5.97. The Balaban J connectivity index is 1.58. The lowest BCUT2D eigenvalue weighted by molar-refractivity contribution is -0.139. The Morgan fingerprint density at radius 1 is 1.17 bits per heavy atom. The van der Waals surface area contributed by atoms with Crippen LogP contribution in [0.1, 0.15) is 32.1 Å². The molecule has 6 nitrogen and oxygen atoms in total. The third-order valence-electron chi connectivity index (χ3n) is 3.80. The van der Waals surface area contributed by atoms with Gasteiger partial charge in [0, 0.05) is 25.0 Å². The highest BCUT2D eigenvalue weighted by Gasteiger charge is 2.46. The van der Waals surface area contributed by atoms with Crippen LogP contribution in [0.4, 0.5) is 0 Å². The number of imide groups is 1.